The van der Waals surface area contributed by atoms with Gasteiger partial charge in [0.1, 0.15) is 5.52 Å². The van der Waals surface area contributed by atoms with Gasteiger partial charge in [0.05, 0.1) is 0 Å². The first-order valence-corrected chi connectivity index (χ1v) is 5.39. The molecule has 0 saturated carbocycles. The van der Waals surface area contributed by atoms with Crippen molar-refractivity contribution in [3.63, 3.8) is 0 Å². The number of rotatable bonds is 2. The highest BCUT2D eigenvalue weighted by Crippen LogP contribution is 2.29. The van der Waals surface area contributed by atoms with Gasteiger partial charge in [0.2, 0.25) is 0 Å². The molecule has 0 amide bonds. The molecule has 3 nitrogen and oxygen atoms in total. The summed E-state index contributed by atoms with van der Waals surface area (Å²) in [6, 6.07) is 3.76. The number of fused-ring (bicyclic) bond motifs is 1. The molecule has 2 aromatic rings. The number of halogens is 1. The molecule has 1 N–H and O–H groups in total. The van der Waals surface area contributed by atoms with E-state index < -0.39 is 0 Å². The Balaban J connectivity index is 2.79. The van der Waals surface area contributed by atoms with E-state index in [2.05, 4.69) is 10.4 Å². The van der Waals surface area contributed by atoms with Gasteiger partial charge in [0.25, 0.3) is 0 Å². The van der Waals surface area contributed by atoms with Gasteiger partial charge < -0.3 is 5.32 Å². The maximum absolute atomic E-state index is 14.2. The Morgan fingerprint density at radius 3 is 2.62 bits per heavy atom. The molecule has 1 aromatic heterocycles. The zero-order chi connectivity index (χ0) is 11.9. The van der Waals surface area contributed by atoms with Gasteiger partial charge in [0.15, 0.2) is 11.6 Å². The predicted octanol–water partition coefficient (Wildman–Crippen LogP) is 2.88. The van der Waals surface area contributed by atoms with Gasteiger partial charge in [-0.2, -0.15) is 5.10 Å². The van der Waals surface area contributed by atoms with Crippen LogP contribution in [-0.4, -0.2) is 16.8 Å². The normalized spacial score (nSPS) is 11.4. The molecule has 0 fully saturated rings. The summed E-state index contributed by atoms with van der Waals surface area (Å²) >= 11 is 0. The second kappa shape index (κ2) is 3.77. The highest BCUT2D eigenvalue weighted by atomic mass is 19.1. The Morgan fingerprint density at radius 2 is 2.06 bits per heavy atom. The van der Waals surface area contributed by atoms with E-state index in [0.29, 0.717) is 11.3 Å². The topological polar surface area (TPSA) is 29.9 Å². The molecule has 0 atom stereocenters. The van der Waals surface area contributed by atoms with Gasteiger partial charge in [-0.25, -0.2) is 4.39 Å². The van der Waals surface area contributed by atoms with Gasteiger partial charge in [-0.1, -0.05) is 19.9 Å². The first-order valence-electron chi connectivity index (χ1n) is 5.39. The van der Waals surface area contributed by atoms with E-state index in [1.54, 1.807) is 18.8 Å². The van der Waals surface area contributed by atoms with Gasteiger partial charge in [-0.15, -0.1) is 0 Å². The van der Waals surface area contributed by atoms with Crippen LogP contribution in [0.15, 0.2) is 12.1 Å². The molecule has 2 rings (SSSR count). The summed E-state index contributed by atoms with van der Waals surface area (Å²) in [5.74, 6) is 0.730. The number of aryl methyl sites for hydroxylation is 1. The lowest BCUT2D eigenvalue weighted by Crippen LogP contribution is -1.98. The fourth-order valence-corrected chi connectivity index (χ4v) is 1.97. The van der Waals surface area contributed by atoms with Crippen LogP contribution in [0.25, 0.3) is 10.9 Å². The minimum Gasteiger partial charge on any atom is -0.371 e. The Hall–Kier alpha value is -1.58. The van der Waals surface area contributed by atoms with Crippen molar-refractivity contribution in [2.24, 2.45) is 7.05 Å². The monoisotopic (exact) mass is 221 g/mol. The first kappa shape index (κ1) is 10.9. The van der Waals surface area contributed by atoms with Crippen LogP contribution < -0.4 is 5.32 Å². The van der Waals surface area contributed by atoms with Crippen molar-refractivity contribution >= 4 is 16.7 Å². The molecule has 0 radical (unpaired) electrons. The lowest BCUT2D eigenvalue weighted by Gasteiger charge is -2.08. The van der Waals surface area contributed by atoms with E-state index in [9.17, 15) is 4.39 Å². The highest BCUT2D eigenvalue weighted by Gasteiger charge is 2.16. The zero-order valence-corrected chi connectivity index (χ0v) is 10.0. The lowest BCUT2D eigenvalue weighted by molar-refractivity contribution is 0.598. The predicted molar refractivity (Wildman–Crippen MR) is 64.3 cm³/mol. The van der Waals surface area contributed by atoms with Crippen LogP contribution in [0.3, 0.4) is 0 Å². The number of aromatic nitrogens is 2. The third kappa shape index (κ3) is 1.45. The van der Waals surface area contributed by atoms with E-state index in [-0.39, 0.29) is 11.7 Å². The van der Waals surface area contributed by atoms with Crippen molar-refractivity contribution in [3.05, 3.63) is 23.5 Å². The smallest absolute Gasteiger partial charge is 0.155 e. The van der Waals surface area contributed by atoms with Crippen molar-refractivity contribution in [3.8, 4) is 0 Å². The van der Waals surface area contributed by atoms with Crippen molar-refractivity contribution in [2.75, 3.05) is 12.4 Å². The molecule has 1 aromatic carbocycles. The number of anilines is 1. The molecule has 4 heteroatoms. The second-order valence-electron chi connectivity index (χ2n) is 4.24. The molecule has 16 heavy (non-hydrogen) atoms. The summed E-state index contributed by atoms with van der Waals surface area (Å²) in [6.07, 6.45) is 0. The van der Waals surface area contributed by atoms with E-state index in [1.807, 2.05) is 26.0 Å². The molecule has 0 aliphatic heterocycles. The van der Waals surface area contributed by atoms with Gasteiger partial charge in [0, 0.05) is 19.5 Å². The fourth-order valence-electron chi connectivity index (χ4n) is 1.97. The van der Waals surface area contributed by atoms with Gasteiger partial charge in [-0.3, -0.25) is 4.68 Å². The quantitative estimate of drug-likeness (QED) is 0.845. The number of hydrogen-bond donors (Lipinski definition) is 1. The minimum absolute atomic E-state index is 0.163. The van der Waals surface area contributed by atoms with Crippen LogP contribution in [0.4, 0.5) is 10.2 Å². The van der Waals surface area contributed by atoms with Crippen molar-refractivity contribution in [2.45, 2.75) is 19.8 Å². The van der Waals surface area contributed by atoms with Crippen LogP contribution in [0.5, 0.6) is 0 Å². The molecule has 0 unspecified atom stereocenters. The fraction of sp³-hybridized carbons (Fsp3) is 0.417. The summed E-state index contributed by atoms with van der Waals surface area (Å²) in [5.41, 5.74) is 1.30. The van der Waals surface area contributed by atoms with Crippen molar-refractivity contribution < 1.29 is 4.39 Å². The first-order chi connectivity index (χ1) is 7.56. The van der Waals surface area contributed by atoms with Crippen LogP contribution in [0.1, 0.15) is 25.3 Å². The SMILES string of the molecule is CNc1nn(C)c2c(F)c(C(C)C)ccc12. The van der Waals surface area contributed by atoms with Crippen LogP contribution in [0.2, 0.25) is 0 Å². The number of benzene rings is 1. The van der Waals surface area contributed by atoms with Gasteiger partial charge in [-0.05, 0) is 17.5 Å². The third-order valence-electron chi connectivity index (χ3n) is 2.83. The molecule has 86 valence electrons. The lowest BCUT2D eigenvalue weighted by atomic mass is 10.0. The number of hydrogen-bond acceptors (Lipinski definition) is 2. The summed E-state index contributed by atoms with van der Waals surface area (Å²) in [5, 5.41) is 8.03. The molecule has 0 saturated heterocycles. The maximum atomic E-state index is 14.2. The summed E-state index contributed by atoms with van der Waals surface area (Å²) in [7, 11) is 3.55. The molecule has 0 aliphatic rings. The molecule has 0 spiro atoms. The largest absolute Gasteiger partial charge is 0.371 e. The molecule has 1 heterocycles. The number of nitrogens with one attached hydrogen (secondary N) is 1. The molecule has 0 bridgehead atoms. The molecular weight excluding hydrogens is 205 g/mol. The number of nitrogens with zero attached hydrogens (tertiary/aromatic N) is 2. The van der Waals surface area contributed by atoms with E-state index in [4.69, 9.17) is 0 Å². The van der Waals surface area contributed by atoms with Crippen molar-refractivity contribution in [1.82, 2.24) is 9.78 Å². The Kier molecular flexibility index (Phi) is 2.58. The average molecular weight is 221 g/mol. The maximum Gasteiger partial charge on any atom is 0.155 e. The van der Waals surface area contributed by atoms with Crippen molar-refractivity contribution in [1.29, 1.82) is 0 Å². The Labute approximate surface area is 94.3 Å². The summed E-state index contributed by atoms with van der Waals surface area (Å²) in [6.45, 7) is 3.97. The molecular formula is C12H16FN3. The Bertz CT molecular complexity index is 529. The average Bonchev–Trinajstić information content (AvgIpc) is 2.56. The summed E-state index contributed by atoms with van der Waals surface area (Å²) < 4.78 is 15.8. The van der Waals surface area contributed by atoms with Crippen LogP contribution in [0, 0.1) is 5.82 Å². The minimum atomic E-state index is -0.163. The van der Waals surface area contributed by atoms with E-state index >= 15 is 0 Å². The van der Waals surface area contributed by atoms with Crippen LogP contribution in [-0.2, 0) is 7.05 Å². The molecule has 0 aliphatic carbocycles. The second-order valence-corrected chi connectivity index (χ2v) is 4.24. The summed E-state index contributed by atoms with van der Waals surface area (Å²) in [4.78, 5) is 0. The zero-order valence-electron chi connectivity index (χ0n) is 10.0. The Morgan fingerprint density at radius 1 is 1.38 bits per heavy atom. The van der Waals surface area contributed by atoms with E-state index in [1.165, 1.54) is 0 Å². The standard InChI is InChI=1S/C12H16FN3/c1-7(2)8-5-6-9-11(10(8)13)16(4)15-12(9)14-3/h5-7H,1-4H3,(H,14,15). The van der Waals surface area contributed by atoms with E-state index in [0.717, 1.165) is 10.9 Å². The van der Waals surface area contributed by atoms with Crippen LogP contribution >= 0.6 is 0 Å². The highest BCUT2D eigenvalue weighted by molar-refractivity contribution is 5.91. The van der Waals surface area contributed by atoms with Gasteiger partial charge >= 0.3 is 0 Å². The third-order valence-corrected chi connectivity index (χ3v) is 2.83.